The molecular weight excluding hydrogens is 176 g/mol. The fraction of sp³-hybridized carbons (Fsp3) is 0.571. The molecule has 0 aromatic rings. The maximum absolute atomic E-state index is 10.2. The van der Waals surface area contributed by atoms with Crippen molar-refractivity contribution >= 4 is 14.5 Å². The molecule has 0 aliphatic carbocycles. The zero-order valence-corrected chi connectivity index (χ0v) is 8.42. The average Bonchev–Trinajstić information content (AvgIpc) is 1.81. The Kier molecular flexibility index (Phi) is 2.54. The molecule has 68 valence electrons. The summed E-state index contributed by atoms with van der Waals surface area (Å²) in [7, 11) is -1.47. The summed E-state index contributed by atoms with van der Waals surface area (Å²) in [6.45, 7) is 6.69. The molecule has 0 saturated carbocycles. The van der Waals surface area contributed by atoms with Gasteiger partial charge in [0.1, 0.15) is 0 Å². The van der Waals surface area contributed by atoms with Gasteiger partial charge in [0.25, 0.3) is 5.95 Å². The van der Waals surface area contributed by atoms with Gasteiger partial charge in [-0.2, -0.15) is 0 Å². The molecule has 1 aliphatic rings. The van der Waals surface area contributed by atoms with Gasteiger partial charge in [-0.05, 0) is 19.6 Å². The van der Waals surface area contributed by atoms with Crippen LogP contribution in [0.5, 0.6) is 0 Å². The molecule has 5 heteroatoms. The maximum atomic E-state index is 10.2. The second kappa shape index (κ2) is 3.28. The van der Waals surface area contributed by atoms with E-state index in [9.17, 15) is 4.79 Å². The summed E-state index contributed by atoms with van der Waals surface area (Å²) in [5.74, 6) is 0.248. The minimum atomic E-state index is -1.47. The first-order valence-corrected chi connectivity index (χ1v) is 7.12. The number of ether oxygens (including phenoxy) is 2. The van der Waals surface area contributed by atoms with Gasteiger partial charge in [0.05, 0.1) is 6.61 Å². The summed E-state index contributed by atoms with van der Waals surface area (Å²) in [6, 6.07) is 0. The number of hydrogen-bond acceptors (Lipinski definition) is 4. The van der Waals surface area contributed by atoms with Crippen LogP contribution >= 0.6 is 0 Å². The lowest BCUT2D eigenvalue weighted by atomic mass is 10.6. The van der Waals surface area contributed by atoms with Crippen molar-refractivity contribution in [1.82, 2.24) is 0 Å². The highest BCUT2D eigenvalue weighted by Crippen LogP contribution is 2.14. The number of hydrogen-bond donors (Lipinski definition) is 0. The zero-order valence-electron chi connectivity index (χ0n) is 7.42. The first-order chi connectivity index (χ1) is 5.47. The van der Waals surface area contributed by atoms with Gasteiger partial charge in [0, 0.05) is 6.08 Å². The quantitative estimate of drug-likeness (QED) is 0.501. The standard InChI is InChI=1S/C7H12O4Si/c1-12(2,3)9-5-4-6-10-7(8)11-6/h4H,5H2,1-3H3. The van der Waals surface area contributed by atoms with Gasteiger partial charge in [0.15, 0.2) is 8.32 Å². The van der Waals surface area contributed by atoms with Crippen molar-refractivity contribution < 1.29 is 18.7 Å². The third-order valence-corrected chi connectivity index (χ3v) is 2.17. The van der Waals surface area contributed by atoms with E-state index in [4.69, 9.17) is 4.43 Å². The third kappa shape index (κ3) is 3.06. The topological polar surface area (TPSA) is 44.8 Å². The van der Waals surface area contributed by atoms with Crippen LogP contribution in [0.15, 0.2) is 12.0 Å². The predicted octanol–water partition coefficient (Wildman–Crippen LogP) is 1.85. The maximum Gasteiger partial charge on any atom is 0.524 e. The van der Waals surface area contributed by atoms with Crippen molar-refractivity contribution in [1.29, 1.82) is 0 Å². The van der Waals surface area contributed by atoms with Gasteiger partial charge in [-0.25, -0.2) is 4.79 Å². The van der Waals surface area contributed by atoms with Crippen LogP contribution in [0.25, 0.3) is 0 Å². The molecule has 1 saturated heterocycles. The van der Waals surface area contributed by atoms with E-state index in [0.717, 1.165) is 0 Å². The fourth-order valence-electron chi connectivity index (χ4n) is 0.615. The van der Waals surface area contributed by atoms with Gasteiger partial charge in [-0.3, -0.25) is 0 Å². The summed E-state index contributed by atoms with van der Waals surface area (Å²) >= 11 is 0. The van der Waals surface area contributed by atoms with Crippen LogP contribution < -0.4 is 0 Å². The SMILES string of the molecule is C[Si](C)(C)OCC=C1OC(=O)O1. The average molecular weight is 188 g/mol. The number of cyclic esters (lactones) is 2. The van der Waals surface area contributed by atoms with Crippen molar-refractivity contribution in [2.75, 3.05) is 6.61 Å². The number of carbonyl (C=O) groups excluding carboxylic acids is 1. The van der Waals surface area contributed by atoms with E-state index in [0.29, 0.717) is 6.61 Å². The van der Waals surface area contributed by atoms with Crippen LogP contribution in [0.2, 0.25) is 19.6 Å². The molecule has 0 radical (unpaired) electrons. The van der Waals surface area contributed by atoms with Crippen LogP contribution in [0.3, 0.4) is 0 Å². The highest BCUT2D eigenvalue weighted by Gasteiger charge is 2.23. The molecule has 0 unspecified atom stereocenters. The summed E-state index contributed by atoms with van der Waals surface area (Å²) in [5.41, 5.74) is 0. The van der Waals surface area contributed by atoms with E-state index in [-0.39, 0.29) is 5.95 Å². The summed E-state index contributed by atoms with van der Waals surface area (Å²) in [5, 5.41) is 0. The normalized spacial score (nSPS) is 16.2. The van der Waals surface area contributed by atoms with Gasteiger partial charge >= 0.3 is 6.16 Å². The second-order valence-corrected chi connectivity index (χ2v) is 7.91. The molecule has 0 aromatic heterocycles. The lowest BCUT2D eigenvalue weighted by Crippen LogP contribution is -2.26. The molecular formula is C7H12O4Si. The van der Waals surface area contributed by atoms with Gasteiger partial charge in [-0.15, -0.1) is 0 Å². The molecule has 0 aromatic carbocycles. The summed E-state index contributed by atoms with van der Waals surface area (Å²) < 4.78 is 14.4. The van der Waals surface area contributed by atoms with E-state index in [1.165, 1.54) is 0 Å². The molecule has 1 fully saturated rings. The first kappa shape index (κ1) is 9.28. The predicted molar refractivity (Wildman–Crippen MR) is 44.9 cm³/mol. The Morgan fingerprint density at radius 1 is 1.42 bits per heavy atom. The minimum Gasteiger partial charge on any atom is -0.414 e. The monoisotopic (exact) mass is 188 g/mol. The van der Waals surface area contributed by atoms with Crippen LogP contribution in [0, 0.1) is 0 Å². The van der Waals surface area contributed by atoms with Crippen molar-refractivity contribution in [2.24, 2.45) is 0 Å². The number of rotatable bonds is 3. The van der Waals surface area contributed by atoms with E-state index in [1.54, 1.807) is 6.08 Å². The molecule has 1 heterocycles. The van der Waals surface area contributed by atoms with E-state index in [2.05, 4.69) is 29.1 Å². The Labute approximate surface area is 72.2 Å². The Morgan fingerprint density at radius 3 is 2.42 bits per heavy atom. The Hall–Kier alpha value is -0.813. The Balaban J connectivity index is 2.18. The lowest BCUT2D eigenvalue weighted by Gasteiger charge is -2.18. The Morgan fingerprint density at radius 2 is 2.00 bits per heavy atom. The molecule has 0 spiro atoms. The third-order valence-electron chi connectivity index (χ3n) is 1.13. The fourth-order valence-corrected chi connectivity index (χ4v) is 1.20. The largest absolute Gasteiger partial charge is 0.524 e. The van der Waals surface area contributed by atoms with Crippen LogP contribution in [0.4, 0.5) is 4.79 Å². The highest BCUT2D eigenvalue weighted by atomic mass is 28.4. The zero-order chi connectivity index (χ0) is 9.19. The molecule has 1 rings (SSSR count). The van der Waals surface area contributed by atoms with Crippen molar-refractivity contribution in [2.45, 2.75) is 19.6 Å². The van der Waals surface area contributed by atoms with Crippen LogP contribution in [-0.4, -0.2) is 21.1 Å². The molecule has 4 nitrogen and oxygen atoms in total. The summed E-state index contributed by atoms with van der Waals surface area (Å²) in [6.07, 6.45) is 0.967. The van der Waals surface area contributed by atoms with Crippen molar-refractivity contribution in [3.63, 3.8) is 0 Å². The van der Waals surface area contributed by atoms with Gasteiger partial charge in [0.2, 0.25) is 0 Å². The van der Waals surface area contributed by atoms with E-state index >= 15 is 0 Å². The lowest BCUT2D eigenvalue weighted by molar-refractivity contribution is -0.0273. The van der Waals surface area contributed by atoms with Crippen molar-refractivity contribution in [3.8, 4) is 0 Å². The van der Waals surface area contributed by atoms with E-state index < -0.39 is 14.5 Å². The van der Waals surface area contributed by atoms with Crippen LogP contribution in [0.1, 0.15) is 0 Å². The molecule has 0 amide bonds. The second-order valence-electron chi connectivity index (χ2n) is 3.40. The molecule has 0 bridgehead atoms. The van der Waals surface area contributed by atoms with Crippen LogP contribution in [-0.2, 0) is 13.9 Å². The first-order valence-electron chi connectivity index (χ1n) is 3.71. The molecule has 0 N–H and O–H groups in total. The molecule has 12 heavy (non-hydrogen) atoms. The molecule has 1 aliphatic heterocycles. The van der Waals surface area contributed by atoms with Crippen molar-refractivity contribution in [3.05, 3.63) is 12.0 Å². The van der Waals surface area contributed by atoms with Gasteiger partial charge < -0.3 is 13.9 Å². The number of carbonyl (C=O) groups is 1. The van der Waals surface area contributed by atoms with Gasteiger partial charge in [-0.1, -0.05) is 0 Å². The minimum absolute atomic E-state index is 0.248. The summed E-state index contributed by atoms with van der Waals surface area (Å²) in [4.78, 5) is 10.2. The Bertz CT molecular complexity index is 206. The van der Waals surface area contributed by atoms with E-state index in [1.807, 2.05) is 0 Å². The smallest absolute Gasteiger partial charge is 0.414 e. The highest BCUT2D eigenvalue weighted by molar-refractivity contribution is 6.69. The molecule has 0 atom stereocenters.